The van der Waals surface area contributed by atoms with Crippen LogP contribution in [0.2, 0.25) is 0 Å². The second kappa shape index (κ2) is 8.85. The van der Waals surface area contributed by atoms with Crippen molar-refractivity contribution in [1.29, 1.82) is 0 Å². The number of nitrogens with zero attached hydrogens (tertiary/aromatic N) is 4. The zero-order valence-electron chi connectivity index (χ0n) is 13.1. The standard InChI is InChI=1S/C16H22N4O2/c1-16(2,19-20-17)11-7-10-14(18-3)15(21)22-12-13-8-5-4-6-9-13/h4-6,8-9,14H,3,7,10-12H2,1-2H3/t14-/m1/s1. The van der Waals surface area contributed by atoms with Crippen molar-refractivity contribution >= 4 is 12.7 Å². The monoisotopic (exact) mass is 302 g/mol. The minimum Gasteiger partial charge on any atom is -0.459 e. The van der Waals surface area contributed by atoms with Crippen LogP contribution in [0.1, 0.15) is 38.7 Å². The molecule has 22 heavy (non-hydrogen) atoms. The highest BCUT2D eigenvalue weighted by molar-refractivity contribution is 5.76. The topological polar surface area (TPSA) is 87.4 Å². The normalized spacial score (nSPS) is 12.1. The van der Waals surface area contributed by atoms with Gasteiger partial charge >= 0.3 is 5.97 Å². The maximum absolute atomic E-state index is 12.0. The summed E-state index contributed by atoms with van der Waals surface area (Å²) in [4.78, 5) is 18.6. The minimum atomic E-state index is -0.578. The summed E-state index contributed by atoms with van der Waals surface area (Å²) < 4.78 is 5.26. The molecular weight excluding hydrogens is 280 g/mol. The first-order valence-corrected chi connectivity index (χ1v) is 7.21. The van der Waals surface area contributed by atoms with Gasteiger partial charge in [0.25, 0.3) is 0 Å². The summed E-state index contributed by atoms with van der Waals surface area (Å²) in [5.41, 5.74) is 8.95. The van der Waals surface area contributed by atoms with Crippen LogP contribution < -0.4 is 0 Å². The summed E-state index contributed by atoms with van der Waals surface area (Å²) in [6.45, 7) is 7.40. The lowest BCUT2D eigenvalue weighted by molar-refractivity contribution is -0.146. The van der Waals surface area contributed by atoms with E-state index in [1.165, 1.54) is 0 Å². The Morgan fingerprint density at radius 1 is 1.41 bits per heavy atom. The van der Waals surface area contributed by atoms with Gasteiger partial charge in [-0.05, 0) is 30.7 Å². The van der Waals surface area contributed by atoms with Crippen LogP contribution in [0.4, 0.5) is 0 Å². The second-order valence-corrected chi connectivity index (χ2v) is 5.69. The Bertz CT molecular complexity index is 536. The number of ether oxygens (including phenoxy) is 1. The van der Waals surface area contributed by atoms with Crippen LogP contribution in [0.15, 0.2) is 40.4 Å². The Balaban J connectivity index is 2.41. The van der Waals surface area contributed by atoms with Crippen molar-refractivity contribution in [3.8, 4) is 0 Å². The Labute approximate surface area is 130 Å². The predicted molar refractivity (Wildman–Crippen MR) is 86.7 cm³/mol. The molecule has 1 aromatic rings. The summed E-state index contributed by atoms with van der Waals surface area (Å²) in [7, 11) is 0. The molecular formula is C16H22N4O2. The average Bonchev–Trinajstić information content (AvgIpc) is 2.50. The number of carbonyl (C=O) groups is 1. The highest BCUT2D eigenvalue weighted by atomic mass is 16.5. The second-order valence-electron chi connectivity index (χ2n) is 5.69. The van der Waals surface area contributed by atoms with Crippen molar-refractivity contribution in [3.05, 3.63) is 46.3 Å². The third-order valence-electron chi connectivity index (χ3n) is 3.30. The van der Waals surface area contributed by atoms with E-state index in [1.54, 1.807) is 0 Å². The number of hydrogen-bond donors (Lipinski definition) is 0. The highest BCUT2D eigenvalue weighted by Gasteiger charge is 2.21. The van der Waals surface area contributed by atoms with Gasteiger partial charge in [0.15, 0.2) is 0 Å². The van der Waals surface area contributed by atoms with Crippen LogP contribution in [0.25, 0.3) is 10.4 Å². The largest absolute Gasteiger partial charge is 0.459 e. The van der Waals surface area contributed by atoms with Gasteiger partial charge in [0, 0.05) is 10.5 Å². The van der Waals surface area contributed by atoms with Crippen LogP contribution in [0.5, 0.6) is 0 Å². The number of azide groups is 1. The van der Waals surface area contributed by atoms with E-state index in [0.717, 1.165) is 5.56 Å². The van der Waals surface area contributed by atoms with Crippen LogP contribution in [-0.2, 0) is 16.1 Å². The zero-order chi connectivity index (χ0) is 16.4. The van der Waals surface area contributed by atoms with Crippen molar-refractivity contribution in [2.24, 2.45) is 10.1 Å². The molecule has 1 aromatic carbocycles. The molecule has 118 valence electrons. The van der Waals surface area contributed by atoms with E-state index in [-0.39, 0.29) is 12.6 Å². The number of aliphatic imine (C=N–C) groups is 1. The number of esters is 1. The summed E-state index contributed by atoms with van der Waals surface area (Å²) >= 11 is 0. The predicted octanol–water partition coefficient (Wildman–Crippen LogP) is 4.06. The van der Waals surface area contributed by atoms with Crippen LogP contribution in [0.3, 0.4) is 0 Å². The first kappa shape index (κ1) is 17.7. The molecule has 0 unspecified atom stereocenters. The lowest BCUT2D eigenvalue weighted by Crippen LogP contribution is -2.23. The number of carbonyl (C=O) groups excluding carboxylic acids is 1. The smallest absolute Gasteiger partial charge is 0.331 e. The first-order valence-electron chi connectivity index (χ1n) is 7.21. The van der Waals surface area contributed by atoms with Crippen molar-refractivity contribution < 1.29 is 9.53 Å². The Kier molecular flexibility index (Phi) is 7.13. The fraction of sp³-hybridized carbons (Fsp3) is 0.500. The third-order valence-corrected chi connectivity index (χ3v) is 3.30. The lowest BCUT2D eigenvalue weighted by Gasteiger charge is -2.18. The number of benzene rings is 1. The molecule has 0 N–H and O–H groups in total. The summed E-state index contributed by atoms with van der Waals surface area (Å²) in [5.74, 6) is -0.375. The summed E-state index contributed by atoms with van der Waals surface area (Å²) in [6.07, 6.45) is 1.91. The minimum absolute atomic E-state index is 0.232. The lowest BCUT2D eigenvalue weighted by atomic mass is 9.97. The van der Waals surface area contributed by atoms with Crippen LogP contribution >= 0.6 is 0 Å². The van der Waals surface area contributed by atoms with Gasteiger partial charge in [0.2, 0.25) is 0 Å². The Morgan fingerprint density at radius 2 is 2.09 bits per heavy atom. The van der Waals surface area contributed by atoms with Gasteiger partial charge in [0.05, 0.1) is 0 Å². The van der Waals surface area contributed by atoms with E-state index < -0.39 is 11.6 Å². The zero-order valence-corrected chi connectivity index (χ0v) is 13.1. The SMILES string of the molecule is C=N[C@H](CCCC(C)(C)N=[N+]=[N-])C(=O)OCc1ccccc1. The molecule has 0 aromatic heterocycles. The van der Waals surface area contributed by atoms with Gasteiger partial charge in [-0.15, -0.1) is 0 Å². The highest BCUT2D eigenvalue weighted by Crippen LogP contribution is 2.19. The van der Waals surface area contributed by atoms with E-state index in [2.05, 4.69) is 21.7 Å². The molecule has 0 saturated heterocycles. The van der Waals surface area contributed by atoms with E-state index in [0.29, 0.717) is 19.3 Å². The van der Waals surface area contributed by atoms with E-state index in [4.69, 9.17) is 10.3 Å². The molecule has 6 heteroatoms. The van der Waals surface area contributed by atoms with Gasteiger partial charge in [-0.2, -0.15) is 0 Å². The molecule has 0 bridgehead atoms. The van der Waals surface area contributed by atoms with Crippen molar-refractivity contribution in [1.82, 2.24) is 0 Å². The maximum Gasteiger partial charge on any atom is 0.331 e. The van der Waals surface area contributed by atoms with Gasteiger partial charge in [0.1, 0.15) is 12.6 Å². The molecule has 1 rings (SSSR count). The summed E-state index contributed by atoms with van der Waals surface area (Å²) in [6, 6.07) is 8.91. The van der Waals surface area contributed by atoms with E-state index in [9.17, 15) is 4.79 Å². The molecule has 0 aliphatic heterocycles. The molecule has 0 saturated carbocycles. The quantitative estimate of drug-likeness (QED) is 0.226. The van der Waals surface area contributed by atoms with Gasteiger partial charge < -0.3 is 4.74 Å². The molecule has 1 atom stereocenters. The molecule has 0 spiro atoms. The van der Waals surface area contributed by atoms with Gasteiger partial charge in [-0.3, -0.25) is 4.99 Å². The molecule has 0 aliphatic carbocycles. The van der Waals surface area contributed by atoms with Crippen LogP contribution in [0, 0.1) is 0 Å². The average molecular weight is 302 g/mol. The van der Waals surface area contributed by atoms with Gasteiger partial charge in [-0.1, -0.05) is 55.7 Å². The first-order chi connectivity index (χ1) is 10.5. The van der Waals surface area contributed by atoms with Gasteiger partial charge in [-0.25, -0.2) is 4.79 Å². The fourth-order valence-electron chi connectivity index (χ4n) is 2.01. The molecule has 6 nitrogen and oxygen atoms in total. The number of rotatable bonds is 9. The van der Waals surface area contributed by atoms with Crippen molar-refractivity contribution in [2.45, 2.75) is 51.3 Å². The molecule has 0 amide bonds. The Hall–Kier alpha value is -2.33. The molecule has 0 heterocycles. The van der Waals surface area contributed by atoms with E-state index >= 15 is 0 Å². The fourth-order valence-corrected chi connectivity index (χ4v) is 2.01. The Morgan fingerprint density at radius 3 is 2.68 bits per heavy atom. The number of hydrogen-bond acceptors (Lipinski definition) is 4. The van der Waals surface area contributed by atoms with Crippen LogP contribution in [-0.4, -0.2) is 24.3 Å². The van der Waals surface area contributed by atoms with E-state index in [1.807, 2.05) is 44.2 Å². The summed E-state index contributed by atoms with van der Waals surface area (Å²) in [5, 5.41) is 3.72. The molecule has 0 radical (unpaired) electrons. The van der Waals surface area contributed by atoms with Crippen molar-refractivity contribution in [3.63, 3.8) is 0 Å². The third kappa shape index (κ3) is 6.41. The molecule has 0 fully saturated rings. The maximum atomic E-state index is 12.0. The molecule has 0 aliphatic rings. The van der Waals surface area contributed by atoms with Crippen molar-refractivity contribution in [2.75, 3.05) is 0 Å².